The van der Waals surface area contributed by atoms with Crippen LogP contribution in [0.25, 0.3) is 43.4 Å². The van der Waals surface area contributed by atoms with Crippen molar-refractivity contribution in [3.63, 3.8) is 0 Å². The van der Waals surface area contributed by atoms with Gasteiger partial charge < -0.3 is 51.6 Å². The van der Waals surface area contributed by atoms with Crippen molar-refractivity contribution in [1.82, 2.24) is 66.8 Å². The molecule has 0 spiro atoms. The van der Waals surface area contributed by atoms with Gasteiger partial charge in [0.25, 0.3) is 17.7 Å². The molecule has 0 saturated carbocycles. The van der Waals surface area contributed by atoms with Crippen molar-refractivity contribution in [3.05, 3.63) is 117 Å². The fourth-order valence-corrected chi connectivity index (χ4v) is 13.7. The van der Waals surface area contributed by atoms with E-state index in [9.17, 15) is 43.8 Å². The number of carboxylic acids is 1. The molecule has 0 saturated heterocycles. The number of nitrogens with zero attached hydrogens (tertiary/aromatic N) is 7. The van der Waals surface area contributed by atoms with Crippen LogP contribution < -0.4 is 31.9 Å². The number of aromatic nitrogens is 7. The third-order valence-electron chi connectivity index (χ3n) is 12.3. The number of alkyl carbamates (subject to hydrolysis) is 1. The number of aliphatic hydroxyl groups excluding tert-OH is 1. The Balaban J connectivity index is 1.11. The normalized spacial score (nSPS) is 16.7. The van der Waals surface area contributed by atoms with E-state index in [1.165, 1.54) is 55.1 Å². The Labute approximate surface area is 491 Å². The van der Waals surface area contributed by atoms with E-state index >= 15 is 0 Å². The second-order valence-electron chi connectivity index (χ2n) is 18.6. The molecule has 8 heterocycles. The zero-order chi connectivity index (χ0) is 58.4. The summed E-state index contributed by atoms with van der Waals surface area (Å²) in [6.45, 7) is 5.97. The van der Waals surface area contributed by atoms with Gasteiger partial charge in [-0.15, -0.1) is 68.0 Å². The molecule has 9 rings (SSSR count). The summed E-state index contributed by atoms with van der Waals surface area (Å²) in [7, 11) is 2.93. The van der Waals surface area contributed by atoms with Crippen molar-refractivity contribution < 1.29 is 53.2 Å². The van der Waals surface area contributed by atoms with Gasteiger partial charge in [0.05, 0.1) is 47.9 Å². The molecular formula is C52H51N13O11S6. The van der Waals surface area contributed by atoms with Crippen LogP contribution >= 0.6 is 68.0 Å². The highest BCUT2D eigenvalue weighted by atomic mass is 32.1. The summed E-state index contributed by atoms with van der Waals surface area (Å²) >= 11 is 7.09. The average Bonchev–Trinajstić information content (AvgIpc) is 4.47. The molecule has 82 heavy (non-hydrogen) atoms. The van der Waals surface area contributed by atoms with Crippen LogP contribution in [-0.2, 0) is 37.1 Å². The number of thiazole rings is 6. The van der Waals surface area contributed by atoms with Crippen molar-refractivity contribution >= 4 is 110 Å². The smallest absolute Gasteiger partial charge is 0.408 e. The van der Waals surface area contributed by atoms with E-state index < -0.39 is 78.4 Å². The molecular weight excluding hydrogens is 1180 g/mol. The molecule has 5 atom stereocenters. The minimum absolute atomic E-state index is 0.00373. The number of carbonyl (C=O) groups excluding carboxylic acids is 6. The number of fused-ring (bicyclic) bond motifs is 14. The third-order valence-corrected chi connectivity index (χ3v) is 18.1. The molecule has 426 valence electrons. The number of ether oxygens (including phenoxy) is 2. The quantitative estimate of drug-likeness (QED) is 0.0609. The molecule has 24 nitrogen and oxygen atoms in total. The van der Waals surface area contributed by atoms with E-state index in [1.54, 1.807) is 70.9 Å². The highest BCUT2D eigenvalue weighted by molar-refractivity contribution is 7.15. The van der Waals surface area contributed by atoms with Crippen LogP contribution in [0.5, 0.6) is 0 Å². The number of benzene rings is 1. The SMILES string of the molecule is CNC(=O)C[C@@H]1NC(=O)c2csc(n2)-c2ccc(-c3nc(COC(=O)N[C@H](C)C(=O)O)cs3)nc2-c2csc(n2)-c2csc(n2)C(C(O)c2ccccc2)NC(=O)CNC(=O)c2nc(sc2COC)[C@H](C(C)C)NC(=O)c2nc1sc2C. The lowest BCUT2D eigenvalue weighted by atomic mass is 10.0. The number of aryl methyl sites for hydroxylation is 1. The number of carbonyl (C=O) groups is 7. The number of methoxy groups -OCH3 is 1. The molecule has 2 unspecified atom stereocenters. The molecule has 1 aromatic carbocycles. The number of aliphatic hydroxyl groups is 1. The Kier molecular flexibility index (Phi) is 18.6. The number of carboxylic acid groups (broad SMARTS) is 1. The molecule has 30 heteroatoms. The highest BCUT2D eigenvalue weighted by Gasteiger charge is 2.33. The third kappa shape index (κ3) is 13.6. The maximum absolute atomic E-state index is 14.3. The first-order valence-electron chi connectivity index (χ1n) is 25.0. The van der Waals surface area contributed by atoms with Gasteiger partial charge >= 0.3 is 12.1 Å². The van der Waals surface area contributed by atoms with Gasteiger partial charge in [0.1, 0.15) is 89.0 Å². The van der Waals surface area contributed by atoms with E-state index in [1.807, 2.05) is 13.8 Å². The second-order valence-corrected chi connectivity index (χ2v) is 24.4. The van der Waals surface area contributed by atoms with Gasteiger partial charge in [-0.2, -0.15) is 0 Å². The lowest BCUT2D eigenvalue weighted by Gasteiger charge is -2.23. The zero-order valence-corrected chi connectivity index (χ0v) is 49.2. The number of aliphatic carboxylic acids is 1. The topological polar surface area (TPSA) is 341 Å². The monoisotopic (exact) mass is 1230 g/mol. The number of amides is 6. The lowest BCUT2D eigenvalue weighted by Crippen LogP contribution is -2.40. The maximum atomic E-state index is 14.3. The van der Waals surface area contributed by atoms with Gasteiger partial charge in [-0.05, 0) is 37.5 Å². The summed E-state index contributed by atoms with van der Waals surface area (Å²) in [5.41, 5.74) is 2.94. The van der Waals surface area contributed by atoms with Crippen LogP contribution in [0.4, 0.5) is 4.79 Å². The van der Waals surface area contributed by atoms with Crippen LogP contribution in [0.2, 0.25) is 0 Å². The molecule has 1 aliphatic rings. The van der Waals surface area contributed by atoms with Crippen LogP contribution in [0.15, 0.2) is 64.0 Å². The Hall–Kier alpha value is -7.84. The Morgan fingerprint density at radius 3 is 2.15 bits per heavy atom. The van der Waals surface area contributed by atoms with Crippen molar-refractivity contribution in [1.29, 1.82) is 0 Å². The second kappa shape index (κ2) is 26.0. The van der Waals surface area contributed by atoms with Gasteiger partial charge in [-0.3, -0.25) is 28.8 Å². The first kappa shape index (κ1) is 58.8. The maximum Gasteiger partial charge on any atom is 0.408 e. The summed E-state index contributed by atoms with van der Waals surface area (Å²) in [4.78, 5) is 127. The molecule has 10 bridgehead atoms. The van der Waals surface area contributed by atoms with Gasteiger partial charge in [0.15, 0.2) is 0 Å². The zero-order valence-electron chi connectivity index (χ0n) is 44.3. The highest BCUT2D eigenvalue weighted by Crippen LogP contribution is 2.40. The van der Waals surface area contributed by atoms with E-state index in [2.05, 4.69) is 46.9 Å². The van der Waals surface area contributed by atoms with E-state index in [4.69, 9.17) is 29.4 Å². The summed E-state index contributed by atoms with van der Waals surface area (Å²) in [5.74, 6) is -4.42. The average molecular weight is 1230 g/mol. The minimum Gasteiger partial charge on any atom is -0.480 e. The predicted octanol–water partition coefficient (Wildman–Crippen LogP) is 7.01. The van der Waals surface area contributed by atoms with Crippen LogP contribution in [0, 0.1) is 12.8 Å². The Morgan fingerprint density at radius 1 is 0.695 bits per heavy atom. The fraction of sp³-hybridized carbons (Fsp3) is 0.308. The first-order chi connectivity index (χ1) is 39.4. The van der Waals surface area contributed by atoms with Crippen LogP contribution in [-0.4, -0.2) is 113 Å². The van der Waals surface area contributed by atoms with Crippen molar-refractivity contribution in [2.24, 2.45) is 5.92 Å². The lowest BCUT2D eigenvalue weighted by molar-refractivity contribution is -0.138. The van der Waals surface area contributed by atoms with E-state index in [-0.39, 0.29) is 47.6 Å². The van der Waals surface area contributed by atoms with Crippen molar-refractivity contribution in [2.75, 3.05) is 20.7 Å². The molecule has 0 fully saturated rings. The molecule has 1 aliphatic heterocycles. The van der Waals surface area contributed by atoms with Gasteiger partial charge in [0.2, 0.25) is 11.8 Å². The van der Waals surface area contributed by atoms with Crippen LogP contribution in [0.1, 0.15) is 119 Å². The first-order valence-corrected chi connectivity index (χ1v) is 30.1. The van der Waals surface area contributed by atoms with Crippen LogP contribution in [0.3, 0.4) is 0 Å². The van der Waals surface area contributed by atoms with Gasteiger partial charge in [-0.25, -0.2) is 39.7 Å². The summed E-state index contributed by atoms with van der Waals surface area (Å²) in [6.07, 6.45) is -2.45. The molecule has 0 radical (unpaired) electrons. The summed E-state index contributed by atoms with van der Waals surface area (Å²) < 4.78 is 10.7. The summed E-state index contributed by atoms with van der Waals surface area (Å²) in [5, 5.41) is 46.3. The molecule has 6 amide bonds. The predicted molar refractivity (Wildman–Crippen MR) is 307 cm³/mol. The fourth-order valence-electron chi connectivity index (χ4n) is 8.10. The van der Waals surface area contributed by atoms with E-state index in [0.717, 1.165) is 34.0 Å². The largest absolute Gasteiger partial charge is 0.480 e. The summed E-state index contributed by atoms with van der Waals surface area (Å²) in [6, 6.07) is 8.19. The number of rotatable bonds is 12. The minimum atomic E-state index is -1.29. The molecule has 8 N–H and O–H groups in total. The Morgan fingerprint density at radius 2 is 1.40 bits per heavy atom. The van der Waals surface area contributed by atoms with Crippen molar-refractivity contribution in [2.45, 2.75) is 77.6 Å². The standard InChI is InChI=1S/C52H51N13O11S6/c1-22(2)36-50-65-39(33(82-50)17-75-6)43(70)54-15-35(67)62-40(41(68)25-10-8-7-9-11-25)49-61-32(21-80-49)47-59-30(19-79-47)38-27(12-13-28(57-38)46-56-26(18-77-46)16-76-52(74)55-23(3)51(72)73)45-60-31(20-78-45)42(69)58-29(14-34(66)53-5)48-64-37(24(4)81-48)44(71)63-36/h7-13,18-23,29,36,40-41,68H,14-17H2,1-6H3,(H,53,66)(H,54,70)(H,55,74)(H,58,69)(H,62,67)(H,63,71)(H,72,73)/t23-,29+,36+,40?,41?/m1/s1. The van der Waals surface area contributed by atoms with E-state index in [0.29, 0.717) is 74.4 Å². The molecule has 0 aliphatic carbocycles. The number of pyridine rings is 1. The molecule has 8 aromatic rings. The molecule has 7 aromatic heterocycles. The Bertz CT molecular complexity index is 3680. The number of nitrogens with one attached hydrogen (secondary N) is 6. The van der Waals surface area contributed by atoms with Crippen molar-refractivity contribution in [3.8, 4) is 43.4 Å². The van der Waals surface area contributed by atoms with Gasteiger partial charge in [0, 0.05) is 46.1 Å². The number of hydrogen-bond acceptors (Lipinski definition) is 23. The number of hydrogen-bond donors (Lipinski definition) is 8. The van der Waals surface area contributed by atoms with Gasteiger partial charge in [-0.1, -0.05) is 44.2 Å².